The van der Waals surface area contributed by atoms with Crippen molar-refractivity contribution in [3.63, 3.8) is 0 Å². The largest absolute Gasteiger partial charge is 0.496 e. The molecule has 0 radical (unpaired) electrons. The molecule has 0 heterocycles. The monoisotopic (exact) mass is 235 g/mol. The van der Waals surface area contributed by atoms with Gasteiger partial charge in [-0.15, -0.1) is 0 Å². The van der Waals surface area contributed by atoms with E-state index in [0.29, 0.717) is 11.3 Å². The van der Waals surface area contributed by atoms with Crippen LogP contribution in [0.5, 0.6) is 5.75 Å². The van der Waals surface area contributed by atoms with Crippen molar-refractivity contribution < 1.29 is 19.4 Å². The summed E-state index contributed by atoms with van der Waals surface area (Å²) < 4.78 is 9.88. The molecule has 0 atom stereocenters. The molecule has 0 saturated heterocycles. The van der Waals surface area contributed by atoms with Gasteiger partial charge in [-0.1, -0.05) is 0 Å². The van der Waals surface area contributed by atoms with E-state index >= 15 is 0 Å². The van der Waals surface area contributed by atoms with Crippen molar-refractivity contribution in [1.29, 1.82) is 5.26 Å². The van der Waals surface area contributed by atoms with Crippen LogP contribution in [0.2, 0.25) is 0 Å². The molecule has 0 aliphatic rings. The van der Waals surface area contributed by atoms with Crippen molar-refractivity contribution in [1.82, 2.24) is 0 Å². The molecule has 5 nitrogen and oxygen atoms in total. The van der Waals surface area contributed by atoms with Gasteiger partial charge in [0.05, 0.1) is 37.5 Å². The summed E-state index contributed by atoms with van der Waals surface area (Å²) in [5, 5.41) is 18.1. The number of benzene rings is 1. The molecule has 90 valence electrons. The lowest BCUT2D eigenvalue weighted by Gasteiger charge is -2.11. The molecule has 1 aromatic rings. The number of carbonyl (C=O) groups excluding carboxylic acids is 1. The van der Waals surface area contributed by atoms with Crippen molar-refractivity contribution >= 4 is 5.97 Å². The first-order valence-corrected chi connectivity index (χ1v) is 5.06. The number of ether oxygens (including phenoxy) is 2. The van der Waals surface area contributed by atoms with Crippen molar-refractivity contribution in [3.8, 4) is 11.8 Å². The lowest BCUT2D eigenvalue weighted by atomic mass is 10.0. The fraction of sp³-hybridized carbons (Fsp3) is 0.333. The highest BCUT2D eigenvalue weighted by atomic mass is 16.5. The zero-order valence-corrected chi connectivity index (χ0v) is 9.69. The maximum atomic E-state index is 11.7. The van der Waals surface area contributed by atoms with Crippen LogP contribution in [-0.2, 0) is 11.3 Å². The summed E-state index contributed by atoms with van der Waals surface area (Å²) in [4.78, 5) is 11.7. The van der Waals surface area contributed by atoms with Crippen molar-refractivity contribution in [2.24, 2.45) is 0 Å². The number of aliphatic hydroxyl groups is 1. The molecule has 17 heavy (non-hydrogen) atoms. The zero-order chi connectivity index (χ0) is 12.8. The zero-order valence-electron chi connectivity index (χ0n) is 9.69. The highest BCUT2D eigenvalue weighted by Crippen LogP contribution is 2.25. The van der Waals surface area contributed by atoms with E-state index in [9.17, 15) is 9.90 Å². The second kappa shape index (κ2) is 5.87. The molecule has 0 fully saturated rings. The van der Waals surface area contributed by atoms with E-state index in [-0.39, 0.29) is 24.3 Å². The highest BCUT2D eigenvalue weighted by Gasteiger charge is 2.17. The Bertz CT molecular complexity index is 462. The van der Waals surface area contributed by atoms with Gasteiger partial charge in [-0.05, 0) is 19.1 Å². The molecule has 0 aliphatic carbocycles. The quantitative estimate of drug-likeness (QED) is 0.794. The maximum Gasteiger partial charge on any atom is 0.338 e. The summed E-state index contributed by atoms with van der Waals surface area (Å²) in [5.74, 6) is -0.276. The predicted octanol–water partition coefficient (Wildman–Crippen LogP) is 1.24. The Kier molecular flexibility index (Phi) is 4.49. The average molecular weight is 235 g/mol. The highest BCUT2D eigenvalue weighted by molar-refractivity contribution is 5.92. The van der Waals surface area contributed by atoms with Crippen LogP contribution in [0, 0.1) is 11.3 Å². The summed E-state index contributed by atoms with van der Waals surface area (Å²) in [6.45, 7) is 1.55. The Morgan fingerprint density at radius 3 is 2.71 bits per heavy atom. The van der Waals surface area contributed by atoms with Crippen molar-refractivity contribution in [2.45, 2.75) is 13.5 Å². The first kappa shape index (κ1) is 13.0. The molecule has 0 amide bonds. The van der Waals surface area contributed by atoms with E-state index in [2.05, 4.69) is 0 Å². The molecule has 0 spiro atoms. The normalized spacial score (nSPS) is 9.53. The number of nitrogens with zero attached hydrogens (tertiary/aromatic N) is 1. The number of hydrogen-bond acceptors (Lipinski definition) is 5. The molecular formula is C12H13NO4. The Balaban J connectivity index is 3.35. The van der Waals surface area contributed by atoms with Crippen LogP contribution in [0.4, 0.5) is 0 Å². The van der Waals surface area contributed by atoms with E-state index in [4.69, 9.17) is 14.7 Å². The van der Waals surface area contributed by atoms with Crippen molar-refractivity contribution in [3.05, 3.63) is 28.8 Å². The van der Waals surface area contributed by atoms with Gasteiger partial charge < -0.3 is 14.6 Å². The van der Waals surface area contributed by atoms with Gasteiger partial charge in [0.1, 0.15) is 5.75 Å². The standard InChI is InChI=1S/C12H13NO4/c1-3-17-12(15)9-4-8(6-13)5-11(16-2)10(9)7-14/h4-5,14H,3,7H2,1-2H3. The third-order valence-corrected chi connectivity index (χ3v) is 2.21. The first-order chi connectivity index (χ1) is 8.17. The minimum Gasteiger partial charge on any atom is -0.496 e. The molecular weight excluding hydrogens is 222 g/mol. The van der Waals surface area contributed by atoms with Gasteiger partial charge in [-0.2, -0.15) is 5.26 Å². The van der Waals surface area contributed by atoms with Gasteiger partial charge in [0, 0.05) is 5.56 Å². The smallest absolute Gasteiger partial charge is 0.338 e. The number of rotatable bonds is 4. The molecule has 1 N–H and O–H groups in total. The summed E-state index contributed by atoms with van der Waals surface area (Å²) in [5.41, 5.74) is 0.761. The maximum absolute atomic E-state index is 11.7. The van der Waals surface area contributed by atoms with E-state index in [1.807, 2.05) is 6.07 Å². The van der Waals surface area contributed by atoms with E-state index in [1.165, 1.54) is 19.2 Å². The number of hydrogen-bond donors (Lipinski definition) is 1. The molecule has 0 saturated carbocycles. The van der Waals surface area contributed by atoms with E-state index < -0.39 is 5.97 Å². The summed E-state index contributed by atoms with van der Waals surface area (Å²) >= 11 is 0. The Morgan fingerprint density at radius 1 is 1.53 bits per heavy atom. The van der Waals surface area contributed by atoms with Gasteiger partial charge in [0.25, 0.3) is 0 Å². The number of nitriles is 1. The van der Waals surface area contributed by atoms with Crippen LogP contribution in [0.1, 0.15) is 28.4 Å². The minimum atomic E-state index is -0.577. The second-order valence-corrected chi connectivity index (χ2v) is 3.20. The van der Waals surface area contributed by atoms with Crippen LogP contribution in [0.3, 0.4) is 0 Å². The molecule has 0 bridgehead atoms. The molecule has 0 aliphatic heterocycles. The van der Waals surface area contributed by atoms with Gasteiger partial charge in [0.2, 0.25) is 0 Å². The SMILES string of the molecule is CCOC(=O)c1cc(C#N)cc(OC)c1CO. The lowest BCUT2D eigenvalue weighted by Crippen LogP contribution is -2.10. The molecule has 5 heteroatoms. The number of methoxy groups -OCH3 is 1. The number of carbonyl (C=O) groups is 1. The summed E-state index contributed by atoms with van der Waals surface area (Å²) in [6.07, 6.45) is 0. The van der Waals surface area contributed by atoms with Gasteiger partial charge in [-0.3, -0.25) is 0 Å². The van der Waals surface area contributed by atoms with E-state index in [0.717, 1.165) is 0 Å². The number of aliphatic hydroxyl groups excluding tert-OH is 1. The van der Waals surface area contributed by atoms with Gasteiger partial charge in [-0.25, -0.2) is 4.79 Å². The molecule has 0 unspecified atom stereocenters. The summed E-state index contributed by atoms with van der Waals surface area (Å²) in [6, 6.07) is 4.77. The van der Waals surface area contributed by atoms with Crippen LogP contribution in [-0.4, -0.2) is 24.8 Å². The topological polar surface area (TPSA) is 79.6 Å². The average Bonchev–Trinajstić information content (AvgIpc) is 2.37. The Hall–Kier alpha value is -2.06. The lowest BCUT2D eigenvalue weighted by molar-refractivity contribution is 0.0522. The van der Waals surface area contributed by atoms with Crippen LogP contribution in [0.15, 0.2) is 12.1 Å². The Morgan fingerprint density at radius 2 is 2.24 bits per heavy atom. The van der Waals surface area contributed by atoms with Gasteiger partial charge >= 0.3 is 5.97 Å². The third kappa shape index (κ3) is 2.74. The van der Waals surface area contributed by atoms with E-state index in [1.54, 1.807) is 6.92 Å². The van der Waals surface area contributed by atoms with Gasteiger partial charge in [0.15, 0.2) is 0 Å². The molecule has 1 aromatic carbocycles. The Labute approximate surface area is 99.2 Å². The third-order valence-electron chi connectivity index (χ3n) is 2.21. The van der Waals surface area contributed by atoms with Crippen LogP contribution < -0.4 is 4.74 Å². The fourth-order valence-electron chi connectivity index (χ4n) is 1.45. The minimum absolute atomic E-state index is 0.158. The molecule has 0 aromatic heterocycles. The fourth-order valence-corrected chi connectivity index (χ4v) is 1.45. The first-order valence-electron chi connectivity index (χ1n) is 5.06. The predicted molar refractivity (Wildman–Crippen MR) is 59.6 cm³/mol. The van der Waals surface area contributed by atoms with Crippen LogP contribution in [0.25, 0.3) is 0 Å². The van der Waals surface area contributed by atoms with Crippen molar-refractivity contribution in [2.75, 3.05) is 13.7 Å². The summed E-state index contributed by atoms with van der Waals surface area (Å²) in [7, 11) is 1.41. The van der Waals surface area contributed by atoms with Crippen LogP contribution >= 0.6 is 0 Å². The molecule has 1 rings (SSSR count). The second-order valence-electron chi connectivity index (χ2n) is 3.20. The number of esters is 1.